The summed E-state index contributed by atoms with van der Waals surface area (Å²) in [5.74, 6) is 0. The van der Waals surface area contributed by atoms with Gasteiger partial charge in [-0.25, -0.2) is 0 Å². The molecule has 0 aliphatic heterocycles. The van der Waals surface area contributed by atoms with Crippen molar-refractivity contribution < 1.29 is 20.4 Å². The van der Waals surface area contributed by atoms with Crippen molar-refractivity contribution >= 4 is 0 Å². The molecule has 0 fully saturated rings. The molecule has 5 nitrogen and oxygen atoms in total. The Morgan fingerprint density at radius 2 is 1.13 bits per heavy atom. The van der Waals surface area contributed by atoms with Crippen LogP contribution in [0.2, 0.25) is 0 Å². The molecule has 5 heteroatoms. The summed E-state index contributed by atoms with van der Waals surface area (Å²) in [6.45, 7) is 4.15. The van der Waals surface area contributed by atoms with E-state index in [0.717, 1.165) is 12.8 Å². The maximum absolute atomic E-state index is 8.48. The number of aliphatic hydroxyl groups excluding tert-OH is 4. The summed E-state index contributed by atoms with van der Waals surface area (Å²) in [6.07, 6.45) is 2.04. The highest BCUT2D eigenvalue weighted by Crippen LogP contribution is 1.84. The van der Waals surface area contributed by atoms with Gasteiger partial charge in [0.2, 0.25) is 0 Å². The van der Waals surface area contributed by atoms with Crippen LogP contribution in [0.15, 0.2) is 0 Å². The molecule has 0 amide bonds. The Kier molecular flexibility index (Phi) is 18.6. The molecule has 0 aliphatic carbocycles. The Morgan fingerprint density at radius 3 is 1.27 bits per heavy atom. The van der Waals surface area contributed by atoms with E-state index in [1.54, 1.807) is 4.90 Å². The van der Waals surface area contributed by atoms with Crippen LogP contribution in [0.1, 0.15) is 19.8 Å². The Hall–Kier alpha value is -0.200. The molecule has 0 rings (SSSR count). The zero-order valence-electron chi connectivity index (χ0n) is 9.60. The molecule has 0 radical (unpaired) electrons. The second-order valence-electron chi connectivity index (χ2n) is 3.09. The summed E-state index contributed by atoms with van der Waals surface area (Å²) in [4.78, 5) is 1.79. The van der Waals surface area contributed by atoms with Gasteiger partial charge in [-0.3, -0.25) is 4.90 Å². The smallest absolute Gasteiger partial charge is 0.0558 e. The molecule has 0 unspecified atom stereocenters. The molecule has 0 aromatic heterocycles. The molecule has 0 atom stereocenters. The lowest BCUT2D eigenvalue weighted by Crippen LogP contribution is -2.32. The first-order valence-electron chi connectivity index (χ1n) is 5.42. The van der Waals surface area contributed by atoms with Crippen LogP contribution < -0.4 is 0 Å². The molecule has 0 heterocycles. The Bertz CT molecular complexity index is 87.2. The Balaban J connectivity index is 0. The van der Waals surface area contributed by atoms with Crippen molar-refractivity contribution in [3.05, 3.63) is 0 Å². The second-order valence-corrected chi connectivity index (χ2v) is 3.09. The molecule has 0 aromatic carbocycles. The van der Waals surface area contributed by atoms with Crippen LogP contribution in [0.4, 0.5) is 0 Å². The molecular weight excluding hydrogens is 198 g/mol. The van der Waals surface area contributed by atoms with Crippen molar-refractivity contribution in [1.29, 1.82) is 0 Å². The number of nitrogens with zero attached hydrogens (tertiary/aromatic N) is 1. The van der Waals surface area contributed by atoms with Crippen LogP contribution in [-0.2, 0) is 0 Å². The van der Waals surface area contributed by atoms with E-state index in [4.69, 9.17) is 20.4 Å². The highest BCUT2D eigenvalue weighted by atomic mass is 16.3. The van der Waals surface area contributed by atoms with Gasteiger partial charge < -0.3 is 20.4 Å². The van der Waals surface area contributed by atoms with Crippen molar-refractivity contribution in [3.8, 4) is 0 Å². The van der Waals surface area contributed by atoms with Crippen molar-refractivity contribution in [2.75, 3.05) is 46.1 Å². The van der Waals surface area contributed by atoms with Crippen LogP contribution >= 0.6 is 0 Å². The van der Waals surface area contributed by atoms with Gasteiger partial charge in [-0.1, -0.05) is 13.3 Å². The van der Waals surface area contributed by atoms with Gasteiger partial charge in [0.05, 0.1) is 19.8 Å². The van der Waals surface area contributed by atoms with Crippen LogP contribution in [0.25, 0.3) is 0 Å². The number of aliphatic hydroxyl groups is 4. The fraction of sp³-hybridized carbons (Fsp3) is 1.00. The molecule has 94 valence electrons. The van der Waals surface area contributed by atoms with Gasteiger partial charge in [-0.2, -0.15) is 0 Å². The van der Waals surface area contributed by atoms with E-state index >= 15 is 0 Å². The second kappa shape index (κ2) is 16.2. The topological polar surface area (TPSA) is 84.2 Å². The molecule has 4 N–H and O–H groups in total. The largest absolute Gasteiger partial charge is 0.396 e. The van der Waals surface area contributed by atoms with E-state index in [1.807, 2.05) is 0 Å². The lowest BCUT2D eigenvalue weighted by atomic mass is 10.4. The fourth-order valence-electron chi connectivity index (χ4n) is 0.918. The normalized spacial score (nSPS) is 10.0. The lowest BCUT2D eigenvalue weighted by molar-refractivity contribution is 0.136. The molecule has 0 spiro atoms. The molecule has 0 aliphatic rings. The Morgan fingerprint density at radius 1 is 0.733 bits per heavy atom. The summed E-state index contributed by atoms with van der Waals surface area (Å²) in [5.41, 5.74) is 0. The minimum Gasteiger partial charge on any atom is -0.396 e. The number of hydrogen-bond donors (Lipinski definition) is 4. The third-order valence-corrected chi connectivity index (χ3v) is 1.76. The average Bonchev–Trinajstić information content (AvgIpc) is 2.21. The first-order valence-corrected chi connectivity index (χ1v) is 5.42. The average molecular weight is 223 g/mol. The molecule has 15 heavy (non-hydrogen) atoms. The number of unbranched alkanes of at least 4 members (excludes halogenated alkanes) is 1. The van der Waals surface area contributed by atoms with Crippen LogP contribution in [0, 0.1) is 0 Å². The highest BCUT2D eigenvalue weighted by molar-refractivity contribution is 4.54. The van der Waals surface area contributed by atoms with Crippen LogP contribution in [-0.4, -0.2) is 71.4 Å². The van der Waals surface area contributed by atoms with Gasteiger partial charge in [0.15, 0.2) is 0 Å². The first-order chi connectivity index (χ1) is 7.26. The standard InChI is InChI=1S/C6H15NO3.C4H10O/c8-4-1-7(2-5-9)3-6-10;1-2-3-4-5/h8-10H,1-6H2;5H,2-4H2,1H3. The van der Waals surface area contributed by atoms with Gasteiger partial charge in [0, 0.05) is 26.2 Å². The number of rotatable bonds is 8. The highest BCUT2D eigenvalue weighted by Gasteiger charge is 2.00. The third-order valence-electron chi connectivity index (χ3n) is 1.76. The van der Waals surface area contributed by atoms with E-state index in [0.29, 0.717) is 26.2 Å². The van der Waals surface area contributed by atoms with Crippen molar-refractivity contribution in [1.82, 2.24) is 4.90 Å². The van der Waals surface area contributed by atoms with Crippen LogP contribution in [0.3, 0.4) is 0 Å². The summed E-state index contributed by atoms with van der Waals surface area (Å²) >= 11 is 0. The van der Waals surface area contributed by atoms with Gasteiger partial charge in [0.1, 0.15) is 0 Å². The Labute approximate surface area is 92.0 Å². The van der Waals surface area contributed by atoms with Gasteiger partial charge >= 0.3 is 0 Å². The summed E-state index contributed by atoms with van der Waals surface area (Å²) in [5, 5.41) is 33.5. The van der Waals surface area contributed by atoms with E-state index in [1.165, 1.54) is 0 Å². The van der Waals surface area contributed by atoms with Gasteiger partial charge in [-0.05, 0) is 6.42 Å². The molecule has 0 bridgehead atoms. The van der Waals surface area contributed by atoms with E-state index < -0.39 is 0 Å². The monoisotopic (exact) mass is 223 g/mol. The maximum atomic E-state index is 8.48. The fourth-order valence-corrected chi connectivity index (χ4v) is 0.918. The third kappa shape index (κ3) is 16.5. The number of hydrogen-bond acceptors (Lipinski definition) is 5. The van der Waals surface area contributed by atoms with Gasteiger partial charge in [0.25, 0.3) is 0 Å². The van der Waals surface area contributed by atoms with E-state index in [9.17, 15) is 0 Å². The minimum atomic E-state index is 0.0694. The molecule has 0 saturated heterocycles. The predicted molar refractivity (Wildman–Crippen MR) is 59.7 cm³/mol. The van der Waals surface area contributed by atoms with Crippen molar-refractivity contribution in [2.45, 2.75) is 19.8 Å². The van der Waals surface area contributed by atoms with E-state index in [-0.39, 0.29) is 19.8 Å². The van der Waals surface area contributed by atoms with Crippen molar-refractivity contribution in [2.24, 2.45) is 0 Å². The molecular formula is C10H25NO4. The van der Waals surface area contributed by atoms with Crippen molar-refractivity contribution in [3.63, 3.8) is 0 Å². The maximum Gasteiger partial charge on any atom is 0.0558 e. The zero-order chi connectivity index (χ0) is 11.9. The zero-order valence-corrected chi connectivity index (χ0v) is 9.60. The lowest BCUT2D eigenvalue weighted by Gasteiger charge is -2.17. The van der Waals surface area contributed by atoms with Crippen LogP contribution in [0.5, 0.6) is 0 Å². The van der Waals surface area contributed by atoms with E-state index in [2.05, 4.69) is 6.92 Å². The van der Waals surface area contributed by atoms with Gasteiger partial charge in [-0.15, -0.1) is 0 Å². The summed E-state index contributed by atoms with van der Waals surface area (Å²) in [7, 11) is 0. The summed E-state index contributed by atoms with van der Waals surface area (Å²) in [6, 6.07) is 0. The quantitative estimate of drug-likeness (QED) is 0.426. The molecule has 0 aromatic rings. The first kappa shape index (κ1) is 17.2. The minimum absolute atomic E-state index is 0.0694. The SMILES string of the molecule is CCCCO.OCCN(CCO)CCO. The predicted octanol–water partition coefficient (Wildman–Crippen LogP) is -0.956. The summed E-state index contributed by atoms with van der Waals surface area (Å²) < 4.78 is 0. The molecule has 0 saturated carbocycles.